The van der Waals surface area contributed by atoms with Crippen molar-refractivity contribution in [3.63, 3.8) is 0 Å². The van der Waals surface area contributed by atoms with Crippen LogP contribution in [-0.4, -0.2) is 60.3 Å². The molecule has 2 aliphatic rings. The van der Waals surface area contributed by atoms with E-state index in [0.29, 0.717) is 32.5 Å². The molecule has 2 aliphatic heterocycles. The lowest BCUT2D eigenvalue weighted by Crippen LogP contribution is -2.47. The molecule has 0 radical (unpaired) electrons. The van der Waals surface area contributed by atoms with Gasteiger partial charge in [0.15, 0.2) is 0 Å². The predicted molar refractivity (Wildman–Crippen MR) is 73.4 cm³/mol. The monoisotopic (exact) mass is 284 g/mol. The summed E-state index contributed by atoms with van der Waals surface area (Å²) in [6, 6.07) is 0.179. The topological polar surface area (TPSA) is 78.9 Å². The number of carboxylic acid groups (broad SMARTS) is 1. The van der Waals surface area contributed by atoms with Gasteiger partial charge in [0.2, 0.25) is 5.91 Å². The van der Waals surface area contributed by atoms with Gasteiger partial charge in [0, 0.05) is 25.7 Å². The molecule has 0 bridgehead atoms. The standard InChI is InChI=1S/C14H24N2O4/c1-10(12-3-2-8-20-12)15-9-13(17)16-6-4-11(5-7-16)14(18)19/h10-12,15H,2-9H2,1H3,(H,18,19). The largest absolute Gasteiger partial charge is 0.481 e. The minimum atomic E-state index is -0.748. The van der Waals surface area contributed by atoms with Crippen molar-refractivity contribution in [2.45, 2.75) is 44.8 Å². The van der Waals surface area contributed by atoms with Crippen LogP contribution in [0.25, 0.3) is 0 Å². The molecule has 2 atom stereocenters. The maximum Gasteiger partial charge on any atom is 0.306 e. The Morgan fingerprint density at radius 2 is 2.05 bits per heavy atom. The first-order chi connectivity index (χ1) is 9.58. The number of carboxylic acids is 1. The van der Waals surface area contributed by atoms with E-state index in [1.54, 1.807) is 4.90 Å². The number of carbonyl (C=O) groups excluding carboxylic acids is 1. The van der Waals surface area contributed by atoms with Crippen LogP contribution >= 0.6 is 0 Å². The van der Waals surface area contributed by atoms with Crippen LogP contribution in [0, 0.1) is 5.92 Å². The zero-order valence-corrected chi connectivity index (χ0v) is 12.0. The van der Waals surface area contributed by atoms with Crippen LogP contribution in [0.5, 0.6) is 0 Å². The summed E-state index contributed by atoms with van der Waals surface area (Å²) in [7, 11) is 0. The van der Waals surface area contributed by atoms with Gasteiger partial charge in [0.1, 0.15) is 0 Å². The number of carbonyl (C=O) groups is 2. The highest BCUT2D eigenvalue weighted by molar-refractivity contribution is 5.79. The van der Waals surface area contributed by atoms with Crippen LogP contribution in [0.2, 0.25) is 0 Å². The fourth-order valence-corrected chi connectivity index (χ4v) is 2.86. The van der Waals surface area contributed by atoms with E-state index < -0.39 is 5.97 Å². The molecule has 0 aliphatic carbocycles. The molecule has 2 saturated heterocycles. The Morgan fingerprint density at radius 1 is 1.35 bits per heavy atom. The second kappa shape index (κ2) is 7.04. The van der Waals surface area contributed by atoms with Gasteiger partial charge in [0.25, 0.3) is 0 Å². The van der Waals surface area contributed by atoms with Gasteiger partial charge in [-0.3, -0.25) is 9.59 Å². The zero-order chi connectivity index (χ0) is 14.5. The summed E-state index contributed by atoms with van der Waals surface area (Å²) in [6.45, 7) is 4.25. The summed E-state index contributed by atoms with van der Waals surface area (Å²) >= 11 is 0. The highest BCUT2D eigenvalue weighted by Gasteiger charge is 2.28. The number of ether oxygens (including phenoxy) is 1. The molecule has 6 heteroatoms. The average molecular weight is 284 g/mol. The minimum Gasteiger partial charge on any atom is -0.481 e. The van der Waals surface area contributed by atoms with Crippen LogP contribution in [0.4, 0.5) is 0 Å². The van der Waals surface area contributed by atoms with Crippen LogP contribution in [0.15, 0.2) is 0 Å². The van der Waals surface area contributed by atoms with Crippen molar-refractivity contribution in [3.05, 3.63) is 0 Å². The Bertz CT molecular complexity index is 347. The molecular formula is C14H24N2O4. The fourth-order valence-electron chi connectivity index (χ4n) is 2.86. The molecule has 0 spiro atoms. The molecule has 2 N–H and O–H groups in total. The maximum absolute atomic E-state index is 12.1. The summed E-state index contributed by atoms with van der Waals surface area (Å²) in [5.41, 5.74) is 0. The molecule has 0 aromatic rings. The van der Waals surface area contributed by atoms with E-state index in [2.05, 4.69) is 5.32 Å². The molecule has 20 heavy (non-hydrogen) atoms. The molecule has 114 valence electrons. The van der Waals surface area contributed by atoms with Gasteiger partial charge in [-0.05, 0) is 32.6 Å². The van der Waals surface area contributed by atoms with Crippen molar-refractivity contribution in [1.82, 2.24) is 10.2 Å². The number of hydrogen-bond acceptors (Lipinski definition) is 4. The van der Waals surface area contributed by atoms with Gasteiger partial charge in [0.05, 0.1) is 18.6 Å². The first-order valence-electron chi connectivity index (χ1n) is 7.43. The molecule has 0 aromatic carbocycles. The van der Waals surface area contributed by atoms with Crippen molar-refractivity contribution in [1.29, 1.82) is 0 Å². The lowest BCUT2D eigenvalue weighted by molar-refractivity contribution is -0.145. The van der Waals surface area contributed by atoms with Gasteiger partial charge in [-0.15, -0.1) is 0 Å². The Balaban J connectivity index is 1.68. The second-order valence-corrected chi connectivity index (χ2v) is 5.71. The molecule has 6 nitrogen and oxygen atoms in total. The summed E-state index contributed by atoms with van der Waals surface area (Å²) in [5, 5.41) is 12.2. The molecule has 0 aromatic heterocycles. The SMILES string of the molecule is CC(NCC(=O)N1CCC(C(=O)O)CC1)C1CCCO1. The summed E-state index contributed by atoms with van der Waals surface area (Å²) in [5.74, 6) is -0.987. The van der Waals surface area contributed by atoms with E-state index in [1.807, 2.05) is 6.92 Å². The van der Waals surface area contributed by atoms with Gasteiger partial charge < -0.3 is 20.1 Å². The maximum atomic E-state index is 12.1. The van der Waals surface area contributed by atoms with Crippen molar-refractivity contribution < 1.29 is 19.4 Å². The van der Waals surface area contributed by atoms with Crippen molar-refractivity contribution >= 4 is 11.9 Å². The number of nitrogens with zero attached hydrogens (tertiary/aromatic N) is 1. The van der Waals surface area contributed by atoms with Gasteiger partial charge in [-0.1, -0.05) is 0 Å². The summed E-state index contributed by atoms with van der Waals surface area (Å²) in [6.07, 6.45) is 3.46. The number of aliphatic carboxylic acids is 1. The van der Waals surface area contributed by atoms with Crippen molar-refractivity contribution in [2.24, 2.45) is 5.92 Å². The molecule has 2 unspecified atom stereocenters. The van der Waals surface area contributed by atoms with E-state index in [0.717, 1.165) is 19.4 Å². The minimum absolute atomic E-state index is 0.0543. The van der Waals surface area contributed by atoms with Crippen LogP contribution in [-0.2, 0) is 14.3 Å². The van der Waals surface area contributed by atoms with Crippen molar-refractivity contribution in [3.8, 4) is 0 Å². The lowest BCUT2D eigenvalue weighted by atomic mass is 9.97. The molecule has 2 rings (SSSR count). The number of amides is 1. The third-order valence-electron chi connectivity index (χ3n) is 4.29. The Kier molecular flexibility index (Phi) is 5.37. The van der Waals surface area contributed by atoms with Gasteiger partial charge in [-0.25, -0.2) is 0 Å². The van der Waals surface area contributed by atoms with Crippen LogP contribution in [0.1, 0.15) is 32.6 Å². The highest BCUT2D eigenvalue weighted by atomic mass is 16.5. The fraction of sp³-hybridized carbons (Fsp3) is 0.857. The van der Waals surface area contributed by atoms with E-state index in [-0.39, 0.29) is 24.0 Å². The summed E-state index contributed by atoms with van der Waals surface area (Å²) < 4.78 is 5.58. The number of nitrogens with one attached hydrogen (secondary N) is 1. The average Bonchev–Trinajstić information content (AvgIpc) is 2.98. The normalized spacial score (nSPS) is 25.6. The number of likely N-dealkylation sites (tertiary alicyclic amines) is 1. The van der Waals surface area contributed by atoms with E-state index in [1.165, 1.54) is 0 Å². The smallest absolute Gasteiger partial charge is 0.306 e. The van der Waals surface area contributed by atoms with Gasteiger partial charge in [-0.2, -0.15) is 0 Å². The first kappa shape index (κ1) is 15.3. The Hall–Kier alpha value is -1.14. The Morgan fingerprint density at radius 3 is 2.60 bits per heavy atom. The van der Waals surface area contributed by atoms with Crippen molar-refractivity contribution in [2.75, 3.05) is 26.2 Å². The quantitative estimate of drug-likeness (QED) is 0.767. The van der Waals surface area contributed by atoms with E-state index >= 15 is 0 Å². The van der Waals surface area contributed by atoms with Gasteiger partial charge >= 0.3 is 5.97 Å². The molecular weight excluding hydrogens is 260 g/mol. The lowest BCUT2D eigenvalue weighted by Gasteiger charge is -2.31. The third kappa shape index (κ3) is 3.93. The van der Waals surface area contributed by atoms with E-state index in [9.17, 15) is 9.59 Å². The zero-order valence-electron chi connectivity index (χ0n) is 12.0. The number of hydrogen-bond donors (Lipinski definition) is 2. The van der Waals surface area contributed by atoms with Crippen LogP contribution in [0.3, 0.4) is 0 Å². The number of rotatable bonds is 5. The molecule has 0 saturated carbocycles. The predicted octanol–water partition coefficient (Wildman–Crippen LogP) is 0.467. The Labute approximate surface area is 119 Å². The molecule has 1 amide bonds. The third-order valence-corrected chi connectivity index (χ3v) is 4.29. The first-order valence-corrected chi connectivity index (χ1v) is 7.43. The number of piperidine rings is 1. The van der Waals surface area contributed by atoms with Crippen LogP contribution < -0.4 is 5.32 Å². The highest BCUT2D eigenvalue weighted by Crippen LogP contribution is 2.18. The second-order valence-electron chi connectivity index (χ2n) is 5.71. The molecule has 2 fully saturated rings. The van der Waals surface area contributed by atoms with E-state index in [4.69, 9.17) is 9.84 Å². The summed E-state index contributed by atoms with van der Waals surface area (Å²) in [4.78, 5) is 24.7. The molecule has 2 heterocycles.